The monoisotopic (exact) mass is 268 g/mol. The van der Waals surface area contributed by atoms with E-state index in [0.717, 1.165) is 12.8 Å². The number of phosphoric ester groups is 1. The molecule has 0 aliphatic carbocycles. The highest BCUT2D eigenvalue weighted by Gasteiger charge is 2.15. The Labute approximate surface area is 103 Å². The standard InChI is InChI=1S/C10H24NO5P/c1-9(2)16-17(13,14)15-8-10(7-12)5-3-4-6-11/h9-10,12H,3-8,11H2,1-2H3,(H,13,14)/p-1. The molecule has 3 N–H and O–H groups in total. The fraction of sp³-hybridized carbons (Fsp3) is 1.00. The van der Waals surface area contributed by atoms with Crippen molar-refractivity contribution < 1.29 is 23.6 Å². The van der Waals surface area contributed by atoms with Crippen molar-refractivity contribution in [2.45, 2.75) is 39.2 Å². The first-order valence-corrected chi connectivity index (χ1v) is 7.32. The topological polar surface area (TPSA) is 105 Å². The van der Waals surface area contributed by atoms with Gasteiger partial charge in [-0.25, -0.2) is 0 Å². The predicted molar refractivity (Wildman–Crippen MR) is 63.3 cm³/mol. The summed E-state index contributed by atoms with van der Waals surface area (Å²) in [4.78, 5) is 11.3. The maximum Gasteiger partial charge on any atom is 0.268 e. The highest BCUT2D eigenvalue weighted by atomic mass is 31.2. The van der Waals surface area contributed by atoms with Crippen LogP contribution in [0.3, 0.4) is 0 Å². The molecule has 0 fully saturated rings. The van der Waals surface area contributed by atoms with Crippen LogP contribution < -0.4 is 10.6 Å². The van der Waals surface area contributed by atoms with Crippen molar-refractivity contribution in [3.8, 4) is 0 Å². The van der Waals surface area contributed by atoms with Gasteiger partial charge in [0, 0.05) is 12.5 Å². The van der Waals surface area contributed by atoms with Crippen LogP contribution in [0.25, 0.3) is 0 Å². The fourth-order valence-corrected chi connectivity index (χ4v) is 2.26. The maximum absolute atomic E-state index is 11.3. The van der Waals surface area contributed by atoms with Crippen LogP contribution >= 0.6 is 7.82 Å². The van der Waals surface area contributed by atoms with Gasteiger partial charge >= 0.3 is 0 Å². The van der Waals surface area contributed by atoms with Gasteiger partial charge in [-0.1, -0.05) is 6.42 Å². The van der Waals surface area contributed by atoms with Gasteiger partial charge in [0.1, 0.15) is 0 Å². The summed E-state index contributed by atoms with van der Waals surface area (Å²) < 4.78 is 20.6. The van der Waals surface area contributed by atoms with Gasteiger partial charge in [-0.15, -0.1) is 0 Å². The lowest BCUT2D eigenvalue weighted by atomic mass is 10.0. The highest BCUT2D eigenvalue weighted by Crippen LogP contribution is 2.40. The van der Waals surface area contributed by atoms with Crippen molar-refractivity contribution in [3.63, 3.8) is 0 Å². The normalized spacial score (nSPS) is 17.1. The molecule has 0 rings (SSSR count). The average molecular weight is 268 g/mol. The van der Waals surface area contributed by atoms with Crippen LogP contribution in [-0.4, -0.2) is 31.0 Å². The SMILES string of the molecule is CC(C)OP(=O)([O-])OCC(CO)CCCCN. The van der Waals surface area contributed by atoms with Crippen LogP contribution in [0, 0.1) is 5.92 Å². The third-order valence-corrected chi connectivity index (χ3v) is 3.28. The molecule has 2 atom stereocenters. The molecule has 6 nitrogen and oxygen atoms in total. The van der Waals surface area contributed by atoms with E-state index in [-0.39, 0.29) is 19.1 Å². The summed E-state index contributed by atoms with van der Waals surface area (Å²) in [6.07, 6.45) is 1.95. The Morgan fingerprint density at radius 3 is 2.53 bits per heavy atom. The largest absolute Gasteiger partial charge is 0.756 e. The molecule has 0 aliphatic heterocycles. The number of hydrogen-bond donors (Lipinski definition) is 2. The molecule has 7 heteroatoms. The fourth-order valence-electron chi connectivity index (χ4n) is 1.29. The van der Waals surface area contributed by atoms with E-state index in [1.54, 1.807) is 13.8 Å². The Balaban J connectivity index is 3.92. The minimum Gasteiger partial charge on any atom is -0.756 e. The van der Waals surface area contributed by atoms with Crippen LogP contribution in [0.15, 0.2) is 0 Å². The molecule has 0 saturated heterocycles. The lowest BCUT2D eigenvalue weighted by Gasteiger charge is -2.26. The molecule has 0 aromatic carbocycles. The Morgan fingerprint density at radius 1 is 1.41 bits per heavy atom. The average Bonchev–Trinajstić information content (AvgIpc) is 2.21. The predicted octanol–water partition coefficient (Wildman–Crippen LogP) is 0.634. The lowest BCUT2D eigenvalue weighted by Crippen LogP contribution is -2.19. The van der Waals surface area contributed by atoms with Crippen molar-refractivity contribution in [1.82, 2.24) is 0 Å². The summed E-state index contributed by atoms with van der Waals surface area (Å²) in [7, 11) is -4.24. The molecule has 0 bridgehead atoms. The minimum absolute atomic E-state index is 0.0471. The molecule has 0 aromatic rings. The lowest BCUT2D eigenvalue weighted by molar-refractivity contribution is -0.229. The zero-order valence-electron chi connectivity index (χ0n) is 10.5. The smallest absolute Gasteiger partial charge is 0.268 e. The first-order valence-electron chi connectivity index (χ1n) is 5.86. The second-order valence-corrected chi connectivity index (χ2v) is 5.59. The molecule has 0 spiro atoms. The van der Waals surface area contributed by atoms with Crippen molar-refractivity contribution in [1.29, 1.82) is 0 Å². The third-order valence-electron chi connectivity index (χ3n) is 2.13. The van der Waals surface area contributed by atoms with E-state index in [9.17, 15) is 9.46 Å². The van der Waals surface area contributed by atoms with E-state index in [4.69, 9.17) is 15.4 Å². The number of nitrogens with two attached hydrogens (primary N) is 1. The quantitative estimate of drug-likeness (QED) is 0.445. The van der Waals surface area contributed by atoms with E-state index in [2.05, 4.69) is 4.52 Å². The number of phosphoric acid groups is 1. The van der Waals surface area contributed by atoms with Gasteiger partial charge in [-0.2, -0.15) is 0 Å². The molecule has 0 amide bonds. The minimum atomic E-state index is -4.24. The second kappa shape index (κ2) is 9.03. The van der Waals surface area contributed by atoms with Gasteiger partial charge in [0.15, 0.2) is 0 Å². The summed E-state index contributed by atoms with van der Waals surface area (Å²) >= 11 is 0. The van der Waals surface area contributed by atoms with Crippen LogP contribution in [-0.2, 0) is 13.6 Å². The summed E-state index contributed by atoms with van der Waals surface area (Å²) in [5, 5.41) is 9.06. The molecule has 2 unspecified atom stereocenters. The molecule has 17 heavy (non-hydrogen) atoms. The summed E-state index contributed by atoms with van der Waals surface area (Å²) in [5.41, 5.74) is 5.35. The molecule has 0 saturated carbocycles. The number of aliphatic hydroxyl groups is 1. The van der Waals surface area contributed by atoms with Crippen molar-refractivity contribution >= 4 is 7.82 Å². The molecular formula is C10H23NO5P-. The first-order chi connectivity index (χ1) is 7.91. The van der Waals surface area contributed by atoms with E-state index >= 15 is 0 Å². The number of hydrogen-bond acceptors (Lipinski definition) is 6. The zero-order chi connectivity index (χ0) is 13.3. The van der Waals surface area contributed by atoms with Crippen LogP contribution in [0.1, 0.15) is 33.1 Å². The summed E-state index contributed by atoms with van der Waals surface area (Å²) in [6, 6.07) is 0. The first kappa shape index (κ1) is 17.0. The summed E-state index contributed by atoms with van der Waals surface area (Å²) in [5.74, 6) is -0.195. The number of rotatable bonds is 10. The molecular weight excluding hydrogens is 245 g/mol. The number of unbranched alkanes of at least 4 members (excludes halogenated alkanes) is 1. The van der Waals surface area contributed by atoms with Gasteiger partial charge in [-0.3, -0.25) is 4.57 Å². The Morgan fingerprint density at radius 2 is 2.06 bits per heavy atom. The number of aliphatic hydroxyl groups excluding tert-OH is 1. The Bertz CT molecular complexity index is 237. The third kappa shape index (κ3) is 9.71. The zero-order valence-corrected chi connectivity index (χ0v) is 11.4. The van der Waals surface area contributed by atoms with Gasteiger partial charge in [0.05, 0.1) is 12.7 Å². The van der Waals surface area contributed by atoms with Crippen LogP contribution in [0.4, 0.5) is 0 Å². The van der Waals surface area contributed by atoms with Gasteiger partial charge in [-0.05, 0) is 33.2 Å². The van der Waals surface area contributed by atoms with Gasteiger partial charge in [0.2, 0.25) is 0 Å². The van der Waals surface area contributed by atoms with E-state index in [1.807, 2.05) is 0 Å². The van der Waals surface area contributed by atoms with Gasteiger partial charge in [0.25, 0.3) is 7.82 Å². The van der Waals surface area contributed by atoms with Crippen molar-refractivity contribution in [3.05, 3.63) is 0 Å². The van der Waals surface area contributed by atoms with Gasteiger partial charge < -0.3 is 24.8 Å². The second-order valence-electron chi connectivity index (χ2n) is 4.23. The molecule has 0 heterocycles. The maximum atomic E-state index is 11.3. The molecule has 0 radical (unpaired) electrons. The van der Waals surface area contributed by atoms with Crippen molar-refractivity contribution in [2.24, 2.45) is 11.7 Å². The van der Waals surface area contributed by atoms with E-state index < -0.39 is 13.9 Å². The highest BCUT2D eigenvalue weighted by molar-refractivity contribution is 7.45. The van der Waals surface area contributed by atoms with Crippen LogP contribution in [0.2, 0.25) is 0 Å². The summed E-state index contributed by atoms with van der Waals surface area (Å²) in [6.45, 7) is 3.66. The Hall–Kier alpha value is 0.0300. The van der Waals surface area contributed by atoms with E-state index in [0.29, 0.717) is 13.0 Å². The van der Waals surface area contributed by atoms with Crippen molar-refractivity contribution in [2.75, 3.05) is 19.8 Å². The Kier molecular flexibility index (Phi) is 9.04. The molecule has 0 aromatic heterocycles. The molecule has 0 aliphatic rings. The van der Waals surface area contributed by atoms with E-state index in [1.165, 1.54) is 0 Å². The molecule has 104 valence electrons. The van der Waals surface area contributed by atoms with Crippen LogP contribution in [0.5, 0.6) is 0 Å².